The zero-order valence-electron chi connectivity index (χ0n) is 14.1. The molecule has 1 heterocycles. The molecule has 0 spiro atoms. The van der Waals surface area contributed by atoms with Gasteiger partial charge in [0.05, 0.1) is 0 Å². The third kappa shape index (κ3) is 3.42. The topological polar surface area (TPSA) is 52.6 Å². The maximum atomic E-state index is 11.8. The van der Waals surface area contributed by atoms with E-state index in [1.54, 1.807) is 0 Å². The highest BCUT2D eigenvalue weighted by Crippen LogP contribution is 2.36. The number of likely N-dealkylation sites (N-methyl/N-ethyl adjacent to an activating group) is 1. The van der Waals surface area contributed by atoms with Crippen molar-refractivity contribution in [1.29, 1.82) is 0 Å². The molecule has 4 nitrogen and oxygen atoms in total. The maximum Gasteiger partial charge on any atom is 0.323 e. The third-order valence-electron chi connectivity index (χ3n) is 5.76. The summed E-state index contributed by atoms with van der Waals surface area (Å²) < 4.78 is 0. The largest absolute Gasteiger partial charge is 0.480 e. The molecule has 0 aromatic heterocycles. The van der Waals surface area contributed by atoms with Gasteiger partial charge in [0, 0.05) is 18.6 Å². The fourth-order valence-corrected chi connectivity index (χ4v) is 4.54. The van der Waals surface area contributed by atoms with Crippen molar-refractivity contribution >= 4 is 5.97 Å². The number of carboxylic acids is 1. The van der Waals surface area contributed by atoms with Crippen molar-refractivity contribution in [3.63, 3.8) is 0 Å². The van der Waals surface area contributed by atoms with Gasteiger partial charge in [0.25, 0.3) is 0 Å². The van der Waals surface area contributed by atoms with Crippen molar-refractivity contribution in [3.8, 4) is 0 Å². The summed E-state index contributed by atoms with van der Waals surface area (Å²) in [5, 5.41) is 13.0. The Labute approximate surface area is 129 Å². The first-order chi connectivity index (χ1) is 9.89. The summed E-state index contributed by atoms with van der Waals surface area (Å²) >= 11 is 0. The van der Waals surface area contributed by atoms with Crippen LogP contribution in [0.4, 0.5) is 0 Å². The Kier molecular flexibility index (Phi) is 5.31. The van der Waals surface area contributed by atoms with Crippen LogP contribution in [0.3, 0.4) is 0 Å². The van der Waals surface area contributed by atoms with Crippen LogP contribution in [0.5, 0.6) is 0 Å². The molecule has 2 fully saturated rings. The van der Waals surface area contributed by atoms with Crippen LogP contribution in [-0.2, 0) is 4.79 Å². The first-order valence-corrected chi connectivity index (χ1v) is 8.63. The molecule has 1 aliphatic heterocycles. The van der Waals surface area contributed by atoms with Gasteiger partial charge in [0.1, 0.15) is 5.54 Å². The molecule has 5 atom stereocenters. The van der Waals surface area contributed by atoms with E-state index in [0.717, 1.165) is 44.7 Å². The normalized spacial score (nSPS) is 41.9. The number of nitrogens with zero attached hydrogens (tertiary/aromatic N) is 1. The van der Waals surface area contributed by atoms with E-state index in [2.05, 4.69) is 31.0 Å². The minimum absolute atomic E-state index is 0.411. The lowest BCUT2D eigenvalue weighted by Gasteiger charge is -2.49. The van der Waals surface area contributed by atoms with Gasteiger partial charge in [0.15, 0.2) is 0 Å². The van der Waals surface area contributed by atoms with E-state index in [1.165, 1.54) is 6.42 Å². The Morgan fingerprint density at radius 1 is 1.38 bits per heavy atom. The van der Waals surface area contributed by atoms with Gasteiger partial charge in [-0.3, -0.25) is 9.69 Å². The molecule has 1 saturated carbocycles. The highest BCUT2D eigenvalue weighted by Gasteiger charge is 2.45. The molecule has 2 rings (SSSR count). The monoisotopic (exact) mass is 296 g/mol. The summed E-state index contributed by atoms with van der Waals surface area (Å²) in [4.78, 5) is 14.4. The molecule has 5 unspecified atom stereocenters. The number of likely N-dealkylation sites (tertiary alicyclic amines) is 1. The van der Waals surface area contributed by atoms with Gasteiger partial charge < -0.3 is 10.4 Å². The summed E-state index contributed by atoms with van der Waals surface area (Å²) in [6, 6.07) is 0.978. The zero-order chi connectivity index (χ0) is 15.6. The number of aliphatic carboxylic acids is 1. The average molecular weight is 296 g/mol. The van der Waals surface area contributed by atoms with Gasteiger partial charge in [-0.15, -0.1) is 0 Å². The van der Waals surface area contributed by atoms with Crippen LogP contribution in [0.15, 0.2) is 0 Å². The Morgan fingerprint density at radius 2 is 2.10 bits per heavy atom. The number of carbonyl (C=O) groups is 1. The first kappa shape index (κ1) is 16.8. The van der Waals surface area contributed by atoms with Crippen molar-refractivity contribution < 1.29 is 9.90 Å². The molecule has 21 heavy (non-hydrogen) atoms. The number of hydrogen-bond donors (Lipinski definition) is 2. The van der Waals surface area contributed by atoms with Crippen molar-refractivity contribution in [3.05, 3.63) is 0 Å². The molecule has 0 aromatic rings. The van der Waals surface area contributed by atoms with E-state index in [-0.39, 0.29) is 0 Å². The van der Waals surface area contributed by atoms with Gasteiger partial charge in [-0.25, -0.2) is 0 Å². The van der Waals surface area contributed by atoms with Gasteiger partial charge in [0.2, 0.25) is 0 Å². The molecule has 0 bridgehead atoms. The van der Waals surface area contributed by atoms with Crippen molar-refractivity contribution in [2.45, 2.75) is 77.4 Å². The van der Waals surface area contributed by atoms with Crippen molar-refractivity contribution in [1.82, 2.24) is 10.2 Å². The molecule has 2 aliphatic rings. The summed E-state index contributed by atoms with van der Waals surface area (Å²) in [7, 11) is 0. The van der Waals surface area contributed by atoms with Crippen molar-refractivity contribution in [2.24, 2.45) is 11.8 Å². The van der Waals surface area contributed by atoms with Crippen LogP contribution in [0, 0.1) is 11.8 Å². The maximum absolute atomic E-state index is 11.8. The second-order valence-electron chi connectivity index (χ2n) is 7.42. The van der Waals surface area contributed by atoms with E-state index in [0.29, 0.717) is 18.0 Å². The molecule has 4 heteroatoms. The second kappa shape index (κ2) is 6.66. The molecule has 122 valence electrons. The predicted molar refractivity (Wildman–Crippen MR) is 85.4 cm³/mol. The number of hydrogen-bond acceptors (Lipinski definition) is 3. The Hall–Kier alpha value is -0.610. The quantitative estimate of drug-likeness (QED) is 0.837. The molecule has 1 saturated heterocycles. The Balaban J connectivity index is 2.14. The fraction of sp³-hybridized carbons (Fsp3) is 0.941. The molecule has 0 aromatic carbocycles. The van der Waals surface area contributed by atoms with E-state index < -0.39 is 11.5 Å². The van der Waals surface area contributed by atoms with Crippen LogP contribution in [0.2, 0.25) is 0 Å². The van der Waals surface area contributed by atoms with E-state index in [1.807, 2.05) is 6.92 Å². The van der Waals surface area contributed by atoms with Gasteiger partial charge in [-0.1, -0.05) is 20.8 Å². The highest BCUT2D eigenvalue weighted by atomic mass is 16.4. The fourth-order valence-electron chi connectivity index (χ4n) is 4.54. The second-order valence-corrected chi connectivity index (χ2v) is 7.42. The average Bonchev–Trinajstić information content (AvgIpc) is 2.43. The van der Waals surface area contributed by atoms with E-state index >= 15 is 0 Å². The van der Waals surface area contributed by atoms with Crippen LogP contribution in [-0.4, -0.2) is 46.7 Å². The lowest BCUT2D eigenvalue weighted by atomic mass is 9.76. The molecule has 0 radical (unpaired) electrons. The number of rotatable bonds is 4. The molecule has 1 aliphatic carbocycles. The van der Waals surface area contributed by atoms with Crippen LogP contribution in [0.1, 0.15) is 59.8 Å². The Morgan fingerprint density at radius 3 is 2.71 bits per heavy atom. The number of piperidine rings is 1. The molecule has 0 amide bonds. The highest BCUT2D eigenvalue weighted by molar-refractivity contribution is 5.79. The third-order valence-corrected chi connectivity index (χ3v) is 5.76. The minimum Gasteiger partial charge on any atom is -0.480 e. The summed E-state index contributed by atoms with van der Waals surface area (Å²) in [5.41, 5.74) is -0.707. The Bertz CT molecular complexity index is 370. The lowest BCUT2D eigenvalue weighted by Crippen LogP contribution is -2.60. The minimum atomic E-state index is -0.707. The van der Waals surface area contributed by atoms with Crippen LogP contribution in [0.25, 0.3) is 0 Å². The van der Waals surface area contributed by atoms with Crippen LogP contribution < -0.4 is 5.32 Å². The number of nitrogens with one attached hydrogen (secondary N) is 1. The molecule has 2 N–H and O–H groups in total. The first-order valence-electron chi connectivity index (χ1n) is 8.63. The predicted octanol–water partition coefficient (Wildman–Crippen LogP) is 2.73. The van der Waals surface area contributed by atoms with Gasteiger partial charge >= 0.3 is 5.97 Å². The molecular weight excluding hydrogens is 264 g/mol. The van der Waals surface area contributed by atoms with E-state index in [4.69, 9.17) is 0 Å². The van der Waals surface area contributed by atoms with Crippen molar-refractivity contribution in [2.75, 3.05) is 13.1 Å². The standard InChI is InChI=1S/C17H32N2O2/c1-5-18-17(16(20)21)8-6-7-15(10-17)19-11-12(2)9-13(3)14(19)4/h12-15,18H,5-11H2,1-4H3,(H,20,21). The molecular formula is C17H32N2O2. The summed E-state index contributed by atoms with van der Waals surface area (Å²) in [6.45, 7) is 10.8. The lowest BCUT2D eigenvalue weighted by molar-refractivity contribution is -0.148. The van der Waals surface area contributed by atoms with Crippen LogP contribution >= 0.6 is 0 Å². The summed E-state index contributed by atoms with van der Waals surface area (Å²) in [5.74, 6) is 0.755. The number of carboxylic acid groups (broad SMARTS) is 1. The van der Waals surface area contributed by atoms with Gasteiger partial charge in [-0.2, -0.15) is 0 Å². The van der Waals surface area contributed by atoms with E-state index in [9.17, 15) is 9.90 Å². The smallest absolute Gasteiger partial charge is 0.323 e. The van der Waals surface area contributed by atoms with Gasteiger partial charge in [-0.05, 0) is 57.4 Å². The summed E-state index contributed by atoms with van der Waals surface area (Å²) in [6.07, 6.45) is 4.96. The SMILES string of the molecule is CCNC1(C(=O)O)CCCC(N2CC(C)CC(C)C2C)C1. The zero-order valence-corrected chi connectivity index (χ0v) is 14.1.